The van der Waals surface area contributed by atoms with Crippen molar-refractivity contribution in [1.82, 2.24) is 0 Å². The third-order valence-corrected chi connectivity index (χ3v) is 7.05. The van der Waals surface area contributed by atoms with Crippen LogP contribution in [0.5, 0.6) is 0 Å². The van der Waals surface area contributed by atoms with Crippen LogP contribution in [-0.4, -0.2) is 60.5 Å². The molecule has 0 unspecified atom stereocenters. The minimum atomic E-state index is -3.65. The molecule has 0 aromatic carbocycles. The zero-order chi connectivity index (χ0) is 19.9. The Labute approximate surface area is 146 Å². The molecule has 0 aliphatic rings. The topological polar surface area (TPSA) is 143 Å². The lowest BCUT2D eigenvalue weighted by molar-refractivity contribution is 0.0725. The highest BCUT2D eigenvalue weighted by atomic mass is 31.2. The van der Waals surface area contributed by atoms with Crippen LogP contribution in [0.1, 0.15) is 41.5 Å². The molecule has 0 amide bonds. The van der Waals surface area contributed by atoms with Gasteiger partial charge in [-0.3, -0.25) is 9.13 Å². The molecule has 0 aliphatic carbocycles. The van der Waals surface area contributed by atoms with Gasteiger partial charge in [0.1, 0.15) is 0 Å². The summed E-state index contributed by atoms with van der Waals surface area (Å²) >= 11 is 0. The maximum absolute atomic E-state index is 9.69. The molecule has 0 saturated heterocycles. The Hall–Kier alpha value is 0.397. The van der Waals surface area contributed by atoms with E-state index in [1.54, 1.807) is 0 Å². The van der Waals surface area contributed by atoms with E-state index in [4.69, 9.17) is 32.9 Å². The second-order valence-corrected chi connectivity index (χ2v) is 11.2. The van der Waals surface area contributed by atoms with E-state index in [1.807, 2.05) is 27.7 Å². The fourth-order valence-corrected chi connectivity index (χ4v) is 3.27. The molecule has 4 N–H and O–H groups in total. The lowest BCUT2D eigenvalue weighted by Crippen LogP contribution is -2.45. The van der Waals surface area contributed by atoms with E-state index in [0.29, 0.717) is 19.8 Å². The minimum absolute atomic E-state index is 0.0625. The van der Waals surface area contributed by atoms with Gasteiger partial charge in [-0.15, -0.1) is 0 Å². The van der Waals surface area contributed by atoms with E-state index in [1.165, 1.54) is 13.8 Å². The quantitative estimate of drug-likeness (QED) is 0.331. The molecule has 0 aliphatic heterocycles. The molecule has 0 saturated carbocycles. The summed E-state index contributed by atoms with van der Waals surface area (Å²) in [5.74, 6) is 0. The second kappa shape index (κ2) is 15.6. The molecular weight excluding hydrogens is 378 g/mol. The summed E-state index contributed by atoms with van der Waals surface area (Å²) in [7, 11) is -9.56. The van der Waals surface area contributed by atoms with Gasteiger partial charge in [0.05, 0.1) is 0 Å². The predicted molar refractivity (Wildman–Crippen MR) is 96.3 cm³/mol. The molecule has 0 radical (unpaired) electrons. The molecule has 0 atom stereocenters. The van der Waals surface area contributed by atoms with Crippen molar-refractivity contribution < 1.29 is 42.0 Å². The number of rotatable bonds is 9. The third kappa shape index (κ3) is 22.4. The fourth-order valence-electron chi connectivity index (χ4n) is 1.09. The Kier molecular flexibility index (Phi) is 19.0. The number of hydrogen-bond acceptors (Lipinski definition) is 5. The Morgan fingerprint density at radius 2 is 0.875 bits per heavy atom. The molecule has 0 aromatic heterocycles. The summed E-state index contributed by atoms with van der Waals surface area (Å²) in [6.45, 7) is 12.8. The Morgan fingerprint density at radius 3 is 0.958 bits per heavy atom. The van der Waals surface area contributed by atoms with Crippen LogP contribution in [0.2, 0.25) is 6.04 Å². The first kappa shape index (κ1) is 29.2. The minimum Gasteiger partial charge on any atom is -0.374 e. The lowest BCUT2D eigenvalue weighted by atomic mass is 10.9. The highest BCUT2D eigenvalue weighted by molar-refractivity contribution is 7.51. The average molecular weight is 412 g/mol. The second-order valence-electron chi connectivity index (χ2n) is 4.30. The van der Waals surface area contributed by atoms with Gasteiger partial charge in [-0.1, -0.05) is 20.8 Å². The van der Waals surface area contributed by atoms with Gasteiger partial charge in [0.15, 0.2) is 0 Å². The van der Waals surface area contributed by atoms with Crippen molar-refractivity contribution in [2.24, 2.45) is 0 Å². The van der Waals surface area contributed by atoms with E-state index in [2.05, 4.69) is 0 Å². The zero-order valence-corrected chi connectivity index (χ0v) is 18.3. The summed E-state index contributed by atoms with van der Waals surface area (Å²) in [5, 5.41) is 0. The molecule has 0 heterocycles. The Balaban J connectivity index is -0.000000309. The van der Waals surface area contributed by atoms with Gasteiger partial charge in [-0.25, -0.2) is 0 Å². The smallest absolute Gasteiger partial charge is 0.374 e. The maximum atomic E-state index is 9.69. The first-order chi connectivity index (χ1) is 10.9. The van der Waals surface area contributed by atoms with Gasteiger partial charge >= 0.3 is 24.0 Å². The molecule has 0 aromatic rings. The monoisotopic (exact) mass is 412 g/mol. The van der Waals surface area contributed by atoms with Gasteiger partial charge in [-0.2, -0.15) is 0 Å². The van der Waals surface area contributed by atoms with Crippen molar-refractivity contribution in [2.45, 2.75) is 47.6 Å². The van der Waals surface area contributed by atoms with Crippen LogP contribution in [0.25, 0.3) is 0 Å². The van der Waals surface area contributed by atoms with Crippen LogP contribution in [0.3, 0.4) is 0 Å². The molecular formula is C12H34O9P2Si. The number of hydrogen-bond donors (Lipinski definition) is 4. The maximum Gasteiger partial charge on any atom is 0.500 e. The summed E-state index contributed by atoms with van der Waals surface area (Å²) in [6.07, 6.45) is -0.125. The summed E-state index contributed by atoms with van der Waals surface area (Å²) < 4.78 is 36.1. The molecule has 12 heteroatoms. The van der Waals surface area contributed by atoms with E-state index in [-0.39, 0.29) is 12.3 Å². The first-order valence-corrected chi connectivity index (χ1v) is 13.4. The van der Waals surface area contributed by atoms with Crippen molar-refractivity contribution >= 4 is 24.0 Å². The summed E-state index contributed by atoms with van der Waals surface area (Å²) in [4.78, 5) is 31.8. The highest BCUT2D eigenvalue weighted by Crippen LogP contribution is 2.33. The van der Waals surface area contributed by atoms with E-state index in [0.717, 1.165) is 6.04 Å². The van der Waals surface area contributed by atoms with Gasteiger partial charge in [0.25, 0.3) is 0 Å². The highest BCUT2D eigenvalue weighted by Gasteiger charge is 2.37. The third-order valence-electron chi connectivity index (χ3n) is 2.35. The Bertz CT molecular complexity index is 331. The van der Waals surface area contributed by atoms with Crippen LogP contribution in [-0.2, 0) is 22.4 Å². The lowest BCUT2D eigenvalue weighted by Gasteiger charge is -2.26. The Morgan fingerprint density at radius 1 is 0.667 bits per heavy atom. The van der Waals surface area contributed by atoms with E-state index in [9.17, 15) is 9.13 Å². The predicted octanol–water partition coefficient (Wildman–Crippen LogP) is 2.42. The van der Waals surface area contributed by atoms with Crippen molar-refractivity contribution in [3.8, 4) is 0 Å². The van der Waals surface area contributed by atoms with Crippen LogP contribution in [0.4, 0.5) is 0 Å². The fraction of sp³-hybridized carbons (Fsp3) is 1.00. The van der Waals surface area contributed by atoms with Crippen molar-refractivity contribution in [1.29, 1.82) is 0 Å². The molecule has 0 spiro atoms. The average Bonchev–Trinajstić information content (AvgIpc) is 2.48. The molecule has 24 heavy (non-hydrogen) atoms. The first-order valence-electron chi connectivity index (χ1n) is 7.87. The van der Waals surface area contributed by atoms with Crippen molar-refractivity contribution in [2.75, 3.05) is 32.1 Å². The van der Waals surface area contributed by atoms with Gasteiger partial charge in [0, 0.05) is 38.2 Å². The summed E-state index contributed by atoms with van der Waals surface area (Å²) in [6, 6.07) is 0.850. The van der Waals surface area contributed by atoms with Crippen LogP contribution in [0.15, 0.2) is 0 Å². The van der Waals surface area contributed by atoms with Gasteiger partial charge < -0.3 is 32.9 Å². The molecule has 0 fully saturated rings. The molecule has 0 bridgehead atoms. The largest absolute Gasteiger partial charge is 0.500 e. The van der Waals surface area contributed by atoms with Gasteiger partial charge in [-0.05, 0) is 20.8 Å². The molecule has 0 rings (SSSR count). The SMILES string of the molecule is CCO[Si](CC)(OCC)OCC.CCP(=O)(O)O.CCP(=O)(O)O. The van der Waals surface area contributed by atoms with E-state index < -0.39 is 24.0 Å². The molecule has 150 valence electrons. The van der Waals surface area contributed by atoms with Gasteiger partial charge in [0.2, 0.25) is 0 Å². The molecule has 9 nitrogen and oxygen atoms in total. The van der Waals surface area contributed by atoms with Crippen molar-refractivity contribution in [3.05, 3.63) is 0 Å². The van der Waals surface area contributed by atoms with Crippen LogP contribution < -0.4 is 0 Å². The van der Waals surface area contributed by atoms with E-state index >= 15 is 0 Å². The van der Waals surface area contributed by atoms with Crippen LogP contribution >= 0.6 is 15.2 Å². The normalized spacial score (nSPS) is 11.9. The zero-order valence-electron chi connectivity index (χ0n) is 15.5. The van der Waals surface area contributed by atoms with Crippen LogP contribution in [0, 0.1) is 0 Å². The van der Waals surface area contributed by atoms with Crippen molar-refractivity contribution in [3.63, 3.8) is 0 Å². The summed E-state index contributed by atoms with van der Waals surface area (Å²) in [5.41, 5.74) is 0. The standard InChI is InChI=1S/C8H20O3Si.2C2H7O3P/c1-5-9-12(8-4,10-6-2)11-7-3;2*1-2-6(3,4)5/h5-8H2,1-4H3;2*2H2,1H3,(H2,3,4,5).